The molecule has 2 saturated heterocycles. The highest BCUT2D eigenvalue weighted by Crippen LogP contribution is 2.51. The third-order valence-electron chi connectivity index (χ3n) is 8.87. The van der Waals surface area contributed by atoms with Crippen LogP contribution >= 0.6 is 0 Å². The van der Waals surface area contributed by atoms with E-state index in [1.165, 1.54) is 0 Å². The number of likely N-dealkylation sites (tertiary alicyclic amines) is 2. The Morgan fingerprint density at radius 2 is 1.79 bits per heavy atom. The maximum atomic E-state index is 12.9. The summed E-state index contributed by atoms with van der Waals surface area (Å²) in [5, 5.41) is 16.8. The Morgan fingerprint density at radius 1 is 1.12 bits per heavy atom. The predicted molar refractivity (Wildman–Crippen MR) is 151 cm³/mol. The zero-order chi connectivity index (χ0) is 30.3. The number of hydrogen-bond acceptors (Lipinski definition) is 7. The van der Waals surface area contributed by atoms with Crippen molar-refractivity contribution in [2.45, 2.75) is 70.6 Å². The first-order chi connectivity index (χ1) is 19.8. The molecule has 11 heteroatoms. The van der Waals surface area contributed by atoms with Crippen molar-refractivity contribution in [2.75, 3.05) is 32.7 Å². The Labute approximate surface area is 243 Å². The van der Waals surface area contributed by atoms with Gasteiger partial charge in [-0.2, -0.15) is 18.2 Å². The zero-order valence-electron chi connectivity index (χ0n) is 24.5. The summed E-state index contributed by atoms with van der Waals surface area (Å²) in [4.78, 5) is 24.3. The first kappa shape index (κ1) is 30.2. The molecule has 0 spiro atoms. The third kappa shape index (κ3) is 5.94. The summed E-state index contributed by atoms with van der Waals surface area (Å²) < 4.78 is 44.3. The van der Waals surface area contributed by atoms with Gasteiger partial charge in [0.25, 0.3) is 0 Å². The van der Waals surface area contributed by atoms with E-state index in [1.54, 1.807) is 35.2 Å². The molecule has 3 aromatic rings. The topological polar surface area (TPSA) is 95.6 Å². The quantitative estimate of drug-likeness (QED) is 0.374. The van der Waals surface area contributed by atoms with Crippen molar-refractivity contribution in [3.8, 4) is 11.4 Å². The highest BCUT2D eigenvalue weighted by molar-refractivity contribution is 5.73. The van der Waals surface area contributed by atoms with Crippen LogP contribution in [0.5, 0.6) is 0 Å². The molecule has 0 aliphatic carbocycles. The lowest BCUT2D eigenvalue weighted by atomic mass is 9.62. The lowest BCUT2D eigenvalue weighted by Crippen LogP contribution is -2.65. The maximum Gasteiger partial charge on any atom is 0.390 e. The second-order valence-corrected chi connectivity index (χ2v) is 12.3. The van der Waals surface area contributed by atoms with Crippen molar-refractivity contribution >= 4 is 5.91 Å². The van der Waals surface area contributed by atoms with E-state index in [0.717, 1.165) is 18.4 Å². The first-order valence-electron chi connectivity index (χ1n) is 14.5. The van der Waals surface area contributed by atoms with E-state index >= 15 is 0 Å². The van der Waals surface area contributed by atoms with Gasteiger partial charge in [-0.05, 0) is 36.0 Å². The number of pyridine rings is 1. The van der Waals surface area contributed by atoms with Crippen molar-refractivity contribution in [3.05, 3.63) is 65.3 Å². The Morgan fingerprint density at radius 3 is 2.38 bits per heavy atom. The highest BCUT2D eigenvalue weighted by atomic mass is 19.4. The van der Waals surface area contributed by atoms with E-state index in [9.17, 15) is 23.1 Å². The van der Waals surface area contributed by atoms with Gasteiger partial charge in [-0.1, -0.05) is 50.2 Å². The number of alkyl halides is 3. The molecule has 5 rings (SSSR count). The van der Waals surface area contributed by atoms with Gasteiger partial charge in [0.2, 0.25) is 17.6 Å². The first-order valence-corrected chi connectivity index (χ1v) is 14.5. The van der Waals surface area contributed by atoms with Gasteiger partial charge in [-0.15, -0.1) is 0 Å². The van der Waals surface area contributed by atoms with Crippen LogP contribution in [0.2, 0.25) is 0 Å². The van der Waals surface area contributed by atoms with E-state index < -0.39 is 23.6 Å². The molecule has 4 heterocycles. The average Bonchev–Trinajstić information content (AvgIpc) is 3.44. The van der Waals surface area contributed by atoms with Crippen molar-refractivity contribution in [3.63, 3.8) is 0 Å². The van der Waals surface area contributed by atoms with Gasteiger partial charge >= 0.3 is 6.18 Å². The molecule has 8 nitrogen and oxygen atoms in total. The van der Waals surface area contributed by atoms with Crippen molar-refractivity contribution < 1.29 is 27.6 Å². The number of nitrogens with zero attached hydrogens (tertiary/aromatic N) is 5. The SMILES string of the molecule is CC(=O)N1CCC(c2nc(-c3cncc([C@@](O)(c4ccc(C(C)C)cc4)C4(C)CN(CCC(F)(F)F)C4)c3)no2)CC1. The van der Waals surface area contributed by atoms with Gasteiger partial charge in [0, 0.05) is 74.5 Å². The highest BCUT2D eigenvalue weighted by Gasteiger charge is 2.56. The van der Waals surface area contributed by atoms with Crippen molar-refractivity contribution in [2.24, 2.45) is 5.41 Å². The second kappa shape index (κ2) is 11.4. The van der Waals surface area contributed by atoms with Crippen LogP contribution in [0.15, 0.2) is 47.2 Å². The van der Waals surface area contributed by atoms with Gasteiger partial charge in [0.15, 0.2) is 0 Å². The molecule has 42 heavy (non-hydrogen) atoms. The third-order valence-corrected chi connectivity index (χ3v) is 8.87. The van der Waals surface area contributed by atoms with Crippen molar-refractivity contribution in [1.82, 2.24) is 24.9 Å². The molecule has 226 valence electrons. The molecular formula is C31H38F3N5O3. The molecule has 2 aromatic heterocycles. The fourth-order valence-electron chi connectivity index (χ4n) is 6.31. The van der Waals surface area contributed by atoms with Crippen LogP contribution in [0.25, 0.3) is 11.4 Å². The van der Waals surface area contributed by atoms with E-state index in [0.29, 0.717) is 60.5 Å². The van der Waals surface area contributed by atoms with Gasteiger partial charge in [-0.3, -0.25) is 9.78 Å². The number of carbonyl (C=O) groups excluding carboxylic acids is 1. The molecule has 2 fully saturated rings. The predicted octanol–water partition coefficient (Wildman–Crippen LogP) is 5.49. The summed E-state index contributed by atoms with van der Waals surface area (Å²) in [6, 6.07) is 9.54. The average molecular weight is 586 g/mol. The summed E-state index contributed by atoms with van der Waals surface area (Å²) in [5.41, 5.74) is 0.536. The summed E-state index contributed by atoms with van der Waals surface area (Å²) >= 11 is 0. The number of benzene rings is 1. The number of aromatic nitrogens is 3. The standard InChI is InChI=1S/C31H38F3N5O3/c1-20(2)22-5-7-25(8-6-22)31(41,29(4)18-38(19-29)14-11-30(32,33)34)26-15-24(16-35-17-26)27-36-28(42-37-27)23-9-12-39(13-10-23)21(3)40/h5-8,15-17,20,23,41H,9-14,18-19H2,1-4H3/t31-/m0/s1. The molecule has 0 unspecified atom stereocenters. The minimum absolute atomic E-state index is 0.0472. The van der Waals surface area contributed by atoms with Crippen LogP contribution in [-0.4, -0.2) is 74.8 Å². The molecule has 1 atom stereocenters. The van der Waals surface area contributed by atoms with Crippen LogP contribution in [0, 0.1) is 5.41 Å². The lowest BCUT2D eigenvalue weighted by molar-refractivity contribution is -0.164. The fraction of sp³-hybridized carbons (Fsp3) is 0.548. The summed E-state index contributed by atoms with van der Waals surface area (Å²) in [6.45, 7) is 9.39. The zero-order valence-corrected chi connectivity index (χ0v) is 24.5. The fourth-order valence-corrected chi connectivity index (χ4v) is 6.31. The molecule has 1 aromatic carbocycles. The van der Waals surface area contributed by atoms with Crippen LogP contribution < -0.4 is 0 Å². The Bertz CT molecular complexity index is 1390. The van der Waals surface area contributed by atoms with Crippen LogP contribution in [0.4, 0.5) is 13.2 Å². The Kier molecular flexibility index (Phi) is 8.19. The Hall–Kier alpha value is -3.31. The number of halogens is 3. The second-order valence-electron chi connectivity index (χ2n) is 12.3. The number of piperidine rings is 1. The van der Waals surface area contributed by atoms with E-state index in [4.69, 9.17) is 4.52 Å². The smallest absolute Gasteiger partial charge is 0.380 e. The normalized spacial score (nSPS) is 19.5. The van der Waals surface area contributed by atoms with Crippen LogP contribution in [0.1, 0.15) is 81.4 Å². The maximum absolute atomic E-state index is 12.9. The molecule has 0 bridgehead atoms. The van der Waals surface area contributed by atoms with Gasteiger partial charge in [-0.25, -0.2) is 0 Å². The van der Waals surface area contributed by atoms with Crippen molar-refractivity contribution in [1.29, 1.82) is 0 Å². The molecule has 2 aliphatic rings. The Balaban J connectivity index is 1.44. The largest absolute Gasteiger partial charge is 0.390 e. The molecule has 1 amide bonds. The number of carbonyl (C=O) groups is 1. The van der Waals surface area contributed by atoms with E-state index in [-0.39, 0.29) is 18.4 Å². The minimum atomic E-state index is -4.24. The number of rotatable bonds is 8. The number of aliphatic hydroxyl groups is 1. The van der Waals surface area contributed by atoms with Crippen LogP contribution in [0.3, 0.4) is 0 Å². The van der Waals surface area contributed by atoms with Crippen LogP contribution in [-0.2, 0) is 10.4 Å². The monoisotopic (exact) mass is 585 g/mol. The van der Waals surface area contributed by atoms with Gasteiger partial charge in [0.1, 0.15) is 5.60 Å². The molecule has 0 saturated carbocycles. The molecule has 0 radical (unpaired) electrons. The van der Waals surface area contributed by atoms with E-state index in [2.05, 4.69) is 29.0 Å². The van der Waals surface area contributed by atoms with Gasteiger partial charge < -0.3 is 19.4 Å². The van der Waals surface area contributed by atoms with E-state index in [1.807, 2.05) is 31.2 Å². The summed E-state index contributed by atoms with van der Waals surface area (Å²) in [6.07, 6.45) is -0.459. The molecule has 2 aliphatic heterocycles. The number of hydrogen-bond donors (Lipinski definition) is 1. The lowest BCUT2D eigenvalue weighted by Gasteiger charge is -2.57. The molecular weight excluding hydrogens is 547 g/mol. The minimum Gasteiger partial charge on any atom is -0.380 e. The molecule has 1 N–H and O–H groups in total. The summed E-state index contributed by atoms with van der Waals surface area (Å²) in [5.74, 6) is 1.25. The number of amides is 1. The summed E-state index contributed by atoms with van der Waals surface area (Å²) in [7, 11) is 0. The van der Waals surface area contributed by atoms with Gasteiger partial charge in [0.05, 0.1) is 6.42 Å².